The summed E-state index contributed by atoms with van der Waals surface area (Å²) in [6, 6.07) is 20.7. The molecule has 0 spiro atoms. The number of hydrogen-bond donors (Lipinski definition) is 0. The molecule has 8 heteroatoms. The summed E-state index contributed by atoms with van der Waals surface area (Å²) >= 11 is 5.94. The highest BCUT2D eigenvalue weighted by molar-refractivity contribution is 7.71. The zero-order valence-corrected chi connectivity index (χ0v) is 21.1. The molecule has 0 bridgehead atoms. The van der Waals surface area contributed by atoms with Gasteiger partial charge in [0, 0.05) is 31.9 Å². The maximum absolute atomic E-state index is 5.94. The SMILES string of the molecule is COc1ccc(N2CCCN(Cn3nc(-c4ccoc4C)n(Cc4ccccc4)c3=S)CC2)cc1. The van der Waals surface area contributed by atoms with E-state index in [0.717, 1.165) is 60.3 Å². The maximum atomic E-state index is 5.94. The van der Waals surface area contributed by atoms with Crippen LogP contribution in [0.25, 0.3) is 11.4 Å². The van der Waals surface area contributed by atoms with Crippen molar-refractivity contribution in [1.29, 1.82) is 0 Å². The summed E-state index contributed by atoms with van der Waals surface area (Å²) in [5.74, 6) is 2.57. The lowest BCUT2D eigenvalue weighted by molar-refractivity contribution is 0.219. The molecule has 7 nitrogen and oxygen atoms in total. The van der Waals surface area contributed by atoms with Crippen molar-refractivity contribution in [3.63, 3.8) is 0 Å². The van der Waals surface area contributed by atoms with E-state index in [1.165, 1.54) is 11.3 Å². The second-order valence-electron chi connectivity index (χ2n) is 8.87. The molecule has 1 fully saturated rings. The molecule has 4 aromatic rings. The van der Waals surface area contributed by atoms with E-state index in [-0.39, 0.29) is 0 Å². The number of methoxy groups -OCH3 is 1. The van der Waals surface area contributed by atoms with Gasteiger partial charge in [0.05, 0.1) is 32.1 Å². The molecule has 3 heterocycles. The van der Waals surface area contributed by atoms with Gasteiger partial charge in [0.1, 0.15) is 11.5 Å². The third-order valence-electron chi connectivity index (χ3n) is 6.57. The summed E-state index contributed by atoms with van der Waals surface area (Å²) in [4.78, 5) is 4.87. The smallest absolute Gasteiger partial charge is 0.199 e. The Kier molecular flexibility index (Phi) is 7.01. The molecule has 1 aliphatic heterocycles. The van der Waals surface area contributed by atoms with Gasteiger partial charge in [0.25, 0.3) is 0 Å². The number of hydrogen-bond acceptors (Lipinski definition) is 6. The highest BCUT2D eigenvalue weighted by Crippen LogP contribution is 2.25. The molecule has 1 saturated heterocycles. The molecular weight excluding hydrogens is 458 g/mol. The summed E-state index contributed by atoms with van der Waals surface area (Å²) in [6.07, 6.45) is 2.79. The minimum Gasteiger partial charge on any atom is -0.497 e. The normalized spacial score (nSPS) is 14.7. The van der Waals surface area contributed by atoms with Crippen LogP contribution in [0.5, 0.6) is 5.75 Å². The van der Waals surface area contributed by atoms with Gasteiger partial charge in [-0.25, -0.2) is 4.68 Å². The average Bonchev–Trinajstić information content (AvgIpc) is 3.34. The number of ether oxygens (including phenoxy) is 1. The molecule has 0 aliphatic carbocycles. The molecule has 0 saturated carbocycles. The Balaban J connectivity index is 1.36. The van der Waals surface area contributed by atoms with Crippen molar-refractivity contribution in [2.75, 3.05) is 38.2 Å². The first-order chi connectivity index (χ1) is 17.1. The second-order valence-corrected chi connectivity index (χ2v) is 9.23. The van der Waals surface area contributed by atoms with Gasteiger partial charge in [-0.3, -0.25) is 9.47 Å². The highest BCUT2D eigenvalue weighted by atomic mass is 32.1. The van der Waals surface area contributed by atoms with Crippen LogP contribution in [-0.4, -0.2) is 52.5 Å². The number of aryl methyl sites for hydroxylation is 1. The quantitative estimate of drug-likeness (QED) is 0.332. The van der Waals surface area contributed by atoms with Gasteiger partial charge in [-0.05, 0) is 61.5 Å². The molecule has 0 N–H and O–H groups in total. The van der Waals surface area contributed by atoms with Gasteiger partial charge in [-0.15, -0.1) is 0 Å². The lowest BCUT2D eigenvalue weighted by Crippen LogP contribution is -2.32. The Morgan fingerprint density at radius 1 is 0.971 bits per heavy atom. The van der Waals surface area contributed by atoms with Crippen LogP contribution in [0, 0.1) is 11.7 Å². The molecule has 0 atom stereocenters. The Labute approximate surface area is 211 Å². The van der Waals surface area contributed by atoms with E-state index in [2.05, 4.69) is 50.8 Å². The molecule has 2 aromatic carbocycles. The van der Waals surface area contributed by atoms with Gasteiger partial charge in [-0.2, -0.15) is 5.10 Å². The summed E-state index contributed by atoms with van der Waals surface area (Å²) in [5.41, 5.74) is 3.40. The number of anilines is 1. The molecule has 0 radical (unpaired) electrons. The van der Waals surface area contributed by atoms with Crippen LogP contribution in [0.3, 0.4) is 0 Å². The third kappa shape index (κ3) is 5.18. The number of aromatic nitrogens is 3. The van der Waals surface area contributed by atoms with E-state index in [0.29, 0.717) is 13.2 Å². The predicted molar refractivity (Wildman–Crippen MR) is 140 cm³/mol. The van der Waals surface area contributed by atoms with E-state index in [1.807, 2.05) is 35.9 Å². The first-order valence-electron chi connectivity index (χ1n) is 12.0. The molecule has 2 aromatic heterocycles. The first-order valence-corrected chi connectivity index (χ1v) is 12.4. The van der Waals surface area contributed by atoms with Crippen LogP contribution in [-0.2, 0) is 13.2 Å². The standard InChI is InChI=1S/C27H31N5O2S/c1-21-25(13-18-34-21)26-28-32(27(35)31(26)19-22-7-4-3-5-8-22)20-29-14-6-15-30(17-16-29)23-9-11-24(33-2)12-10-23/h3-5,7-13,18H,6,14-17,19-20H2,1-2H3. The number of benzene rings is 2. The van der Waals surface area contributed by atoms with Crippen molar-refractivity contribution in [3.8, 4) is 17.1 Å². The Morgan fingerprint density at radius 3 is 2.49 bits per heavy atom. The maximum Gasteiger partial charge on any atom is 0.199 e. The summed E-state index contributed by atoms with van der Waals surface area (Å²) in [5, 5.41) is 4.98. The Morgan fingerprint density at radius 2 is 1.77 bits per heavy atom. The van der Waals surface area contributed by atoms with Crippen molar-refractivity contribution < 1.29 is 9.15 Å². The van der Waals surface area contributed by atoms with Crippen LogP contribution in [0.2, 0.25) is 0 Å². The van der Waals surface area contributed by atoms with Crippen molar-refractivity contribution in [3.05, 3.63) is 83.0 Å². The van der Waals surface area contributed by atoms with Gasteiger partial charge < -0.3 is 14.1 Å². The van der Waals surface area contributed by atoms with Crippen LogP contribution >= 0.6 is 12.2 Å². The fourth-order valence-electron chi connectivity index (χ4n) is 4.61. The van der Waals surface area contributed by atoms with Gasteiger partial charge in [0.2, 0.25) is 0 Å². The van der Waals surface area contributed by atoms with E-state index >= 15 is 0 Å². The Hall–Kier alpha value is -3.36. The molecule has 5 rings (SSSR count). The number of nitrogens with zero attached hydrogens (tertiary/aromatic N) is 5. The molecular formula is C27H31N5O2S. The summed E-state index contributed by atoms with van der Waals surface area (Å²) in [6.45, 7) is 7.23. The fraction of sp³-hybridized carbons (Fsp3) is 0.333. The monoisotopic (exact) mass is 489 g/mol. The van der Waals surface area contributed by atoms with E-state index in [1.54, 1.807) is 13.4 Å². The average molecular weight is 490 g/mol. The van der Waals surface area contributed by atoms with Crippen molar-refractivity contribution >= 4 is 17.9 Å². The minimum atomic E-state index is 0.668. The lowest BCUT2D eigenvalue weighted by Gasteiger charge is -2.23. The van der Waals surface area contributed by atoms with E-state index in [4.69, 9.17) is 26.5 Å². The zero-order chi connectivity index (χ0) is 24.2. The van der Waals surface area contributed by atoms with Gasteiger partial charge >= 0.3 is 0 Å². The lowest BCUT2D eigenvalue weighted by atomic mass is 10.2. The van der Waals surface area contributed by atoms with E-state index < -0.39 is 0 Å². The number of rotatable bonds is 7. The first kappa shape index (κ1) is 23.4. The van der Waals surface area contributed by atoms with Crippen LogP contribution in [0.1, 0.15) is 17.7 Å². The van der Waals surface area contributed by atoms with Crippen molar-refractivity contribution in [2.24, 2.45) is 0 Å². The van der Waals surface area contributed by atoms with Gasteiger partial charge in [0.15, 0.2) is 10.6 Å². The van der Waals surface area contributed by atoms with E-state index in [9.17, 15) is 0 Å². The minimum absolute atomic E-state index is 0.668. The summed E-state index contributed by atoms with van der Waals surface area (Å²) in [7, 11) is 1.70. The van der Waals surface area contributed by atoms with Crippen molar-refractivity contribution in [2.45, 2.75) is 26.6 Å². The van der Waals surface area contributed by atoms with Crippen molar-refractivity contribution in [1.82, 2.24) is 19.2 Å². The van der Waals surface area contributed by atoms with Crippen LogP contribution in [0.15, 0.2) is 71.3 Å². The van der Waals surface area contributed by atoms with Crippen LogP contribution < -0.4 is 9.64 Å². The molecule has 35 heavy (non-hydrogen) atoms. The molecule has 1 aliphatic rings. The molecule has 0 unspecified atom stereocenters. The highest BCUT2D eigenvalue weighted by Gasteiger charge is 2.20. The second kappa shape index (κ2) is 10.5. The van der Waals surface area contributed by atoms with Crippen LogP contribution in [0.4, 0.5) is 5.69 Å². The fourth-order valence-corrected chi connectivity index (χ4v) is 4.86. The zero-order valence-electron chi connectivity index (χ0n) is 20.3. The summed E-state index contributed by atoms with van der Waals surface area (Å²) < 4.78 is 15.7. The molecule has 182 valence electrons. The van der Waals surface area contributed by atoms with Gasteiger partial charge in [-0.1, -0.05) is 30.3 Å². The molecule has 0 amide bonds. The Bertz CT molecular complexity index is 1310. The third-order valence-corrected chi connectivity index (χ3v) is 7.00. The predicted octanol–water partition coefficient (Wildman–Crippen LogP) is 5.21. The largest absolute Gasteiger partial charge is 0.497 e. The number of furan rings is 1. The topological polar surface area (TPSA) is 51.6 Å².